The van der Waals surface area contributed by atoms with Crippen molar-refractivity contribution < 1.29 is 0 Å². The Bertz CT molecular complexity index is 595. The van der Waals surface area contributed by atoms with E-state index in [0.29, 0.717) is 5.02 Å². The molecule has 0 aliphatic carbocycles. The monoisotopic (exact) mass is 369 g/mol. The molecule has 5 heteroatoms. The maximum Gasteiger partial charge on any atom is 0.0837 e. The van der Waals surface area contributed by atoms with Crippen molar-refractivity contribution in [3.8, 4) is 0 Å². The third-order valence-corrected chi connectivity index (χ3v) is 4.11. The van der Waals surface area contributed by atoms with Crippen molar-refractivity contribution in [1.82, 2.24) is 15.1 Å². The number of hydrogen-bond donors (Lipinski definition) is 1. The lowest BCUT2D eigenvalue weighted by Crippen LogP contribution is -2.26. The molecule has 0 aliphatic heterocycles. The van der Waals surface area contributed by atoms with E-state index in [1.54, 1.807) is 6.20 Å². The minimum Gasteiger partial charge on any atom is -0.305 e. The Morgan fingerprint density at radius 3 is 2.76 bits per heavy atom. The van der Waals surface area contributed by atoms with Crippen LogP contribution < -0.4 is 5.32 Å². The van der Waals surface area contributed by atoms with Crippen molar-refractivity contribution in [2.24, 2.45) is 0 Å². The van der Waals surface area contributed by atoms with Crippen LogP contribution in [0.1, 0.15) is 50.5 Å². The molecular formula is C16H21BrClN3. The fourth-order valence-corrected chi connectivity index (χ4v) is 3.04. The van der Waals surface area contributed by atoms with Crippen LogP contribution in [-0.4, -0.2) is 16.3 Å². The van der Waals surface area contributed by atoms with Gasteiger partial charge in [-0.1, -0.05) is 46.6 Å². The maximum atomic E-state index is 6.42. The van der Waals surface area contributed by atoms with Crippen LogP contribution in [0.4, 0.5) is 0 Å². The van der Waals surface area contributed by atoms with E-state index in [-0.39, 0.29) is 12.1 Å². The second-order valence-electron chi connectivity index (χ2n) is 5.36. The summed E-state index contributed by atoms with van der Waals surface area (Å²) in [5.41, 5.74) is 2.21. The Balaban J connectivity index is 2.48. The van der Waals surface area contributed by atoms with Crippen LogP contribution in [-0.2, 0) is 0 Å². The molecule has 114 valence electrons. The van der Waals surface area contributed by atoms with Crippen LogP contribution in [0.25, 0.3) is 0 Å². The average Bonchev–Trinajstić information content (AvgIpc) is 2.82. The third-order valence-electron chi connectivity index (χ3n) is 3.33. The highest BCUT2D eigenvalue weighted by molar-refractivity contribution is 9.10. The van der Waals surface area contributed by atoms with Gasteiger partial charge in [0, 0.05) is 10.5 Å². The topological polar surface area (TPSA) is 29.9 Å². The Labute approximate surface area is 139 Å². The first-order valence-corrected chi connectivity index (χ1v) is 8.43. The summed E-state index contributed by atoms with van der Waals surface area (Å²) in [4.78, 5) is 0. The minimum atomic E-state index is 0.0415. The van der Waals surface area contributed by atoms with Crippen molar-refractivity contribution in [3.05, 3.63) is 51.2 Å². The summed E-state index contributed by atoms with van der Waals surface area (Å²) < 4.78 is 3.06. The number of rotatable bonds is 6. The summed E-state index contributed by atoms with van der Waals surface area (Å²) in [5, 5.41) is 8.72. The van der Waals surface area contributed by atoms with Crippen LogP contribution in [0.3, 0.4) is 0 Å². The predicted octanol–water partition coefficient (Wildman–Crippen LogP) is 4.97. The lowest BCUT2D eigenvalue weighted by Gasteiger charge is -2.23. The zero-order valence-corrected chi connectivity index (χ0v) is 14.9. The predicted molar refractivity (Wildman–Crippen MR) is 91.9 cm³/mol. The molecular weight excluding hydrogens is 350 g/mol. The summed E-state index contributed by atoms with van der Waals surface area (Å²) in [6.45, 7) is 7.32. The SMILES string of the molecule is CCCNC(c1cccc(Br)c1)c1c(Cl)cnn1C(C)C. The van der Waals surface area contributed by atoms with Gasteiger partial charge < -0.3 is 5.32 Å². The molecule has 0 aliphatic rings. The first kappa shape index (κ1) is 16.5. The van der Waals surface area contributed by atoms with Gasteiger partial charge in [-0.15, -0.1) is 0 Å². The second-order valence-corrected chi connectivity index (χ2v) is 6.68. The van der Waals surface area contributed by atoms with Crippen molar-refractivity contribution in [2.45, 2.75) is 39.3 Å². The van der Waals surface area contributed by atoms with Crippen molar-refractivity contribution >= 4 is 27.5 Å². The van der Waals surface area contributed by atoms with Crippen LogP contribution in [0.15, 0.2) is 34.9 Å². The molecule has 0 bridgehead atoms. The van der Waals surface area contributed by atoms with E-state index in [0.717, 1.165) is 23.1 Å². The molecule has 0 fully saturated rings. The number of hydrogen-bond acceptors (Lipinski definition) is 2. The summed E-state index contributed by atoms with van der Waals surface area (Å²) >= 11 is 9.96. The van der Waals surface area contributed by atoms with Crippen molar-refractivity contribution in [2.75, 3.05) is 6.54 Å². The van der Waals surface area contributed by atoms with Gasteiger partial charge in [0.2, 0.25) is 0 Å². The molecule has 0 saturated heterocycles. The molecule has 2 rings (SSSR count). The smallest absolute Gasteiger partial charge is 0.0837 e. The third kappa shape index (κ3) is 3.87. The Hall–Kier alpha value is -0.840. The summed E-state index contributed by atoms with van der Waals surface area (Å²) in [6, 6.07) is 8.63. The van der Waals surface area contributed by atoms with Crippen LogP contribution in [0.5, 0.6) is 0 Å². The molecule has 1 aromatic carbocycles. The standard InChI is InChI=1S/C16H21BrClN3/c1-4-8-19-15(12-6-5-7-13(17)9-12)16-14(18)10-20-21(16)11(2)3/h5-7,9-11,15,19H,4,8H2,1-3H3. The Kier molecular flexibility index (Phi) is 5.85. The van der Waals surface area contributed by atoms with E-state index in [1.165, 1.54) is 5.56 Å². The van der Waals surface area contributed by atoms with Crippen molar-refractivity contribution in [3.63, 3.8) is 0 Å². The zero-order chi connectivity index (χ0) is 15.4. The van der Waals surface area contributed by atoms with Crippen LogP contribution >= 0.6 is 27.5 Å². The fourth-order valence-electron chi connectivity index (χ4n) is 2.38. The molecule has 1 unspecified atom stereocenters. The van der Waals surface area contributed by atoms with Crippen LogP contribution in [0.2, 0.25) is 5.02 Å². The summed E-state index contributed by atoms with van der Waals surface area (Å²) in [5.74, 6) is 0. The molecule has 1 atom stereocenters. The van der Waals surface area contributed by atoms with E-state index in [2.05, 4.69) is 59.2 Å². The lowest BCUT2D eigenvalue weighted by molar-refractivity contribution is 0.472. The molecule has 0 radical (unpaired) electrons. The quantitative estimate of drug-likeness (QED) is 0.778. The minimum absolute atomic E-state index is 0.0415. The van der Waals surface area contributed by atoms with Gasteiger partial charge in [-0.3, -0.25) is 4.68 Å². The fraction of sp³-hybridized carbons (Fsp3) is 0.438. The normalized spacial score (nSPS) is 12.9. The van der Waals surface area contributed by atoms with E-state index >= 15 is 0 Å². The van der Waals surface area contributed by atoms with Gasteiger partial charge in [0.05, 0.1) is 23.0 Å². The largest absolute Gasteiger partial charge is 0.305 e. The van der Waals surface area contributed by atoms with Gasteiger partial charge in [0.25, 0.3) is 0 Å². The van der Waals surface area contributed by atoms with Gasteiger partial charge in [0.15, 0.2) is 0 Å². The number of benzene rings is 1. The number of nitrogens with one attached hydrogen (secondary N) is 1. The van der Waals surface area contributed by atoms with E-state index in [4.69, 9.17) is 11.6 Å². The molecule has 0 amide bonds. The van der Waals surface area contributed by atoms with Gasteiger partial charge in [-0.25, -0.2) is 0 Å². The van der Waals surface area contributed by atoms with Gasteiger partial charge >= 0.3 is 0 Å². The molecule has 3 nitrogen and oxygen atoms in total. The first-order chi connectivity index (χ1) is 10.0. The molecule has 0 spiro atoms. The van der Waals surface area contributed by atoms with Gasteiger partial charge in [-0.2, -0.15) is 5.10 Å². The zero-order valence-electron chi connectivity index (χ0n) is 12.6. The van der Waals surface area contributed by atoms with E-state index in [9.17, 15) is 0 Å². The number of aromatic nitrogens is 2. The summed E-state index contributed by atoms with van der Waals surface area (Å²) in [6.07, 6.45) is 2.80. The summed E-state index contributed by atoms with van der Waals surface area (Å²) in [7, 11) is 0. The maximum absolute atomic E-state index is 6.42. The molecule has 1 aromatic heterocycles. The van der Waals surface area contributed by atoms with E-state index in [1.807, 2.05) is 16.8 Å². The highest BCUT2D eigenvalue weighted by atomic mass is 79.9. The highest BCUT2D eigenvalue weighted by Crippen LogP contribution is 2.31. The molecule has 1 N–H and O–H groups in total. The number of halogens is 2. The number of nitrogens with zero attached hydrogens (tertiary/aromatic N) is 2. The van der Waals surface area contributed by atoms with Crippen LogP contribution in [0, 0.1) is 0 Å². The Morgan fingerprint density at radius 1 is 1.38 bits per heavy atom. The van der Waals surface area contributed by atoms with Crippen molar-refractivity contribution in [1.29, 1.82) is 0 Å². The molecule has 21 heavy (non-hydrogen) atoms. The lowest BCUT2D eigenvalue weighted by atomic mass is 10.0. The molecule has 2 aromatic rings. The first-order valence-electron chi connectivity index (χ1n) is 7.26. The second kappa shape index (κ2) is 7.43. The van der Waals surface area contributed by atoms with Gasteiger partial charge in [0.1, 0.15) is 0 Å². The Morgan fingerprint density at radius 2 is 2.14 bits per heavy atom. The van der Waals surface area contributed by atoms with E-state index < -0.39 is 0 Å². The highest BCUT2D eigenvalue weighted by Gasteiger charge is 2.23. The average molecular weight is 371 g/mol. The molecule has 0 saturated carbocycles. The van der Waals surface area contributed by atoms with Gasteiger partial charge in [-0.05, 0) is 44.5 Å². The molecule has 1 heterocycles.